The van der Waals surface area contributed by atoms with E-state index < -0.39 is 87.9 Å². The quantitative estimate of drug-likeness (QED) is 0.100. The third kappa shape index (κ3) is 57300. The summed E-state index contributed by atoms with van der Waals surface area (Å²) in [4.78, 5) is 0. The molecule has 0 bridgehead atoms. The summed E-state index contributed by atoms with van der Waals surface area (Å²) in [6.45, 7) is 0. The van der Waals surface area contributed by atoms with Gasteiger partial charge in [-0.1, -0.05) is 0 Å². The van der Waals surface area contributed by atoms with Gasteiger partial charge in [0.05, 0.1) is 0 Å². The minimum atomic E-state index is -2.17. The molecule has 0 rings (SSSR count). The van der Waals surface area contributed by atoms with E-state index in [-0.39, 0.29) is 70.3 Å². The van der Waals surface area contributed by atoms with Crippen molar-refractivity contribution in [2.45, 2.75) is 0 Å². The average molecular weight is 876 g/mol. The molecule has 0 aromatic carbocycles. The van der Waals surface area contributed by atoms with E-state index in [2.05, 4.69) is 0 Å². The fourth-order valence-corrected chi connectivity index (χ4v) is 0. The Hall–Kier alpha value is 1.39. The van der Waals surface area contributed by atoms with Gasteiger partial charge in [0.15, 0.2) is 0 Å². The molecule has 0 fully saturated rings. The van der Waals surface area contributed by atoms with Gasteiger partial charge < -0.3 is 182 Å². The summed E-state index contributed by atoms with van der Waals surface area (Å²) in [6.07, 6.45) is 0. The van der Waals surface area contributed by atoms with Crippen molar-refractivity contribution < 1.29 is 251 Å². The maximum atomic E-state index is 7.17. The van der Waals surface area contributed by atoms with E-state index in [1.807, 2.05) is 0 Å². The van der Waals surface area contributed by atoms with Crippen molar-refractivity contribution in [1.82, 2.24) is 0 Å². The molecule has 0 aromatic rings. The van der Waals surface area contributed by atoms with E-state index in [0.717, 1.165) is 0 Å². The molecule has 0 heterocycles. The molecule has 49 heteroatoms. The summed E-state index contributed by atoms with van der Waals surface area (Å²) in [5.74, 6) is 0. The van der Waals surface area contributed by atoms with Crippen molar-refractivity contribution in [2.75, 3.05) is 0 Å². The van der Waals surface area contributed by atoms with Crippen molar-refractivity contribution in [3.8, 4) is 0 Å². The van der Waals surface area contributed by atoms with Gasteiger partial charge in [0.25, 0.3) is 0 Å². The van der Waals surface area contributed by atoms with Crippen molar-refractivity contribution in [1.29, 1.82) is 0 Å². The number of hydrogen-bond acceptors (Lipinski definition) is 36. The summed E-state index contributed by atoms with van der Waals surface area (Å²) in [5.41, 5.74) is 0. The van der Waals surface area contributed by atoms with E-state index >= 15 is 0 Å². The summed E-state index contributed by atoms with van der Waals surface area (Å²) in [5, 5.41) is 258. The monoisotopic (exact) mass is 878 g/mol. The predicted molar refractivity (Wildman–Crippen MR) is 150 cm³/mol. The minimum Gasteiger partial charge on any atom is -1.00 e. The standard InChI is InChI=1S/12BH3O3.Cs.H/c12*2-1(3)4;;/h12*2-4H;;/q;;;;;;;;;;;;+1;-1. The third-order valence-corrected chi connectivity index (χ3v) is 0. The van der Waals surface area contributed by atoms with Crippen LogP contribution in [-0.2, 0) is 0 Å². The topological polar surface area (TPSA) is 728 Å². The Morgan fingerprint density at radius 1 is 0.122 bits per heavy atom. The molecule has 0 radical (unpaired) electrons. The molecule has 0 unspecified atom stereocenters. The van der Waals surface area contributed by atoms with Crippen molar-refractivity contribution in [2.24, 2.45) is 0 Å². The molecule has 36 N–H and O–H groups in total. The smallest absolute Gasteiger partial charge is 1.00 e. The van der Waals surface area contributed by atoms with Gasteiger partial charge in [-0.25, -0.2) is 0 Å². The van der Waals surface area contributed by atoms with Crippen LogP contribution in [0, 0.1) is 0 Å². The largest absolute Gasteiger partial charge is 1.00 e. The van der Waals surface area contributed by atoms with Gasteiger partial charge in [-0.3, -0.25) is 0 Å². The fourth-order valence-electron chi connectivity index (χ4n) is 0. The van der Waals surface area contributed by atoms with Crippen LogP contribution < -0.4 is 68.9 Å². The first-order chi connectivity index (χ1) is 20.8. The molecule has 49 heavy (non-hydrogen) atoms. The van der Waals surface area contributed by atoms with Gasteiger partial charge in [0.2, 0.25) is 0 Å². The molecular weight excluding hydrogens is 839 g/mol. The van der Waals surface area contributed by atoms with Gasteiger partial charge in [0, 0.05) is 0 Å². The predicted octanol–water partition coefficient (Wildman–Crippen LogP) is -27.5. The van der Waals surface area contributed by atoms with Crippen LogP contribution >= 0.6 is 0 Å². The first kappa shape index (κ1) is 87.9. The zero-order valence-corrected chi connectivity index (χ0v) is 30.3. The van der Waals surface area contributed by atoms with Crippen LogP contribution in [0.1, 0.15) is 1.43 Å². The summed E-state index contributed by atoms with van der Waals surface area (Å²) < 4.78 is 0. The normalized spacial score (nSPS) is 6.61. The molecule has 0 aliphatic carbocycles. The summed E-state index contributed by atoms with van der Waals surface area (Å²) in [7, 11) is -26.0. The van der Waals surface area contributed by atoms with E-state index in [9.17, 15) is 0 Å². The molecule has 290 valence electrons. The summed E-state index contributed by atoms with van der Waals surface area (Å²) in [6, 6.07) is 0. The number of hydrogen-bond donors (Lipinski definition) is 36. The second kappa shape index (κ2) is 82.7. The second-order valence-corrected chi connectivity index (χ2v) is 4.16. The maximum absolute atomic E-state index is 7.17. The van der Waals surface area contributed by atoms with Crippen LogP contribution in [-0.4, -0.2) is 269 Å². The van der Waals surface area contributed by atoms with Crippen LogP contribution in [0.25, 0.3) is 0 Å². The van der Waals surface area contributed by atoms with Gasteiger partial charge >= 0.3 is 157 Å². The van der Waals surface area contributed by atoms with Crippen molar-refractivity contribution in [3.05, 3.63) is 0 Å². The minimum absolute atomic E-state index is 0. The molecule has 0 spiro atoms. The van der Waals surface area contributed by atoms with Crippen LogP contribution in [0.2, 0.25) is 0 Å². The molecule has 0 aliphatic rings. The first-order valence-electron chi connectivity index (χ1n) is 9.30. The zero-order valence-electron chi connectivity index (χ0n) is 25.0. The van der Waals surface area contributed by atoms with Gasteiger partial charge in [-0.15, -0.1) is 0 Å². The molecule has 0 aliphatic heterocycles. The molecule has 0 saturated carbocycles. The van der Waals surface area contributed by atoms with Crippen molar-refractivity contribution in [3.63, 3.8) is 0 Å². The molecule has 0 aromatic heterocycles. The SMILES string of the molecule is OB(O)O.OB(O)O.OB(O)O.OB(O)O.OB(O)O.OB(O)O.OB(O)O.OB(O)O.OB(O)O.OB(O)O.OB(O)O.OB(O)O.[Cs+].[H-]. The molecule has 0 saturated heterocycles. The number of rotatable bonds is 0. The average Bonchev–Trinajstić information content (AvgIpc) is 2.61. The Balaban J connectivity index is -0.0000000235. The van der Waals surface area contributed by atoms with E-state index in [4.69, 9.17) is 181 Å². The molecule has 0 atom stereocenters. The zero-order chi connectivity index (χ0) is 42.9. The van der Waals surface area contributed by atoms with E-state index in [1.165, 1.54) is 0 Å². The van der Waals surface area contributed by atoms with E-state index in [1.54, 1.807) is 0 Å². The Morgan fingerprint density at radius 2 is 0.122 bits per heavy atom. The van der Waals surface area contributed by atoms with Crippen LogP contribution in [0.3, 0.4) is 0 Å². The van der Waals surface area contributed by atoms with Gasteiger partial charge in [-0.2, -0.15) is 0 Å². The molecule has 36 nitrogen and oxygen atoms in total. The second-order valence-electron chi connectivity index (χ2n) is 4.16. The first-order valence-corrected chi connectivity index (χ1v) is 9.30. The Morgan fingerprint density at radius 3 is 0.122 bits per heavy atom. The molecular formula is H37B12CsO36. The third-order valence-electron chi connectivity index (χ3n) is 0. The molecule has 0 amide bonds. The Kier molecular flexibility index (Phi) is 148. The Labute approximate surface area is 336 Å². The van der Waals surface area contributed by atoms with Crippen LogP contribution in [0.5, 0.6) is 0 Å². The fraction of sp³-hybridized carbons (Fsp3) is 0. The van der Waals surface area contributed by atoms with Crippen LogP contribution in [0.15, 0.2) is 0 Å². The maximum Gasteiger partial charge on any atom is 1.00 e. The Bertz CT molecular complexity index is 239. The van der Waals surface area contributed by atoms with Crippen LogP contribution in [0.4, 0.5) is 0 Å². The summed E-state index contributed by atoms with van der Waals surface area (Å²) >= 11 is 0. The van der Waals surface area contributed by atoms with Gasteiger partial charge in [0.1, 0.15) is 0 Å². The van der Waals surface area contributed by atoms with E-state index in [0.29, 0.717) is 0 Å². The van der Waals surface area contributed by atoms with Crippen molar-refractivity contribution >= 4 is 87.9 Å². The van der Waals surface area contributed by atoms with Gasteiger partial charge in [-0.05, 0) is 0 Å².